The van der Waals surface area contributed by atoms with E-state index in [0.717, 1.165) is 11.2 Å². The van der Waals surface area contributed by atoms with Gasteiger partial charge in [0.2, 0.25) is 6.17 Å². The number of hydrogen-bond acceptors (Lipinski definition) is 3. The van der Waals surface area contributed by atoms with Crippen molar-refractivity contribution >= 4 is 6.34 Å². The number of rotatable bonds is 1. The van der Waals surface area contributed by atoms with E-state index < -0.39 is 12.3 Å². The van der Waals surface area contributed by atoms with Crippen molar-refractivity contribution in [3.8, 4) is 0 Å². The van der Waals surface area contributed by atoms with Gasteiger partial charge in [0.15, 0.2) is 0 Å². The average molecular weight is 167 g/mol. The van der Waals surface area contributed by atoms with Crippen LogP contribution in [0.2, 0.25) is 0 Å². The highest BCUT2D eigenvalue weighted by Crippen LogP contribution is 2.23. The first-order valence-electron chi connectivity index (χ1n) is 3.17. The SMILES string of the molecule is CCN1C=NNC1C(F)(F)F. The molecule has 0 aromatic carbocycles. The molecule has 0 radical (unpaired) electrons. The lowest BCUT2D eigenvalue weighted by Crippen LogP contribution is -2.48. The van der Waals surface area contributed by atoms with Gasteiger partial charge in [-0.1, -0.05) is 0 Å². The van der Waals surface area contributed by atoms with Crippen molar-refractivity contribution in [2.75, 3.05) is 6.54 Å². The minimum absolute atomic E-state index is 0.292. The smallest absolute Gasteiger partial charge is 0.332 e. The fourth-order valence-electron chi connectivity index (χ4n) is 0.844. The van der Waals surface area contributed by atoms with Gasteiger partial charge in [0, 0.05) is 6.54 Å². The summed E-state index contributed by atoms with van der Waals surface area (Å²) < 4.78 is 36.0. The Hall–Kier alpha value is -0.940. The van der Waals surface area contributed by atoms with Crippen LogP contribution in [0.1, 0.15) is 6.92 Å². The van der Waals surface area contributed by atoms with Crippen LogP contribution in [0.25, 0.3) is 0 Å². The number of hydrazone groups is 1. The summed E-state index contributed by atoms with van der Waals surface area (Å²) in [6.45, 7) is 1.93. The number of halogens is 3. The van der Waals surface area contributed by atoms with Crippen LogP contribution >= 0.6 is 0 Å². The van der Waals surface area contributed by atoms with Gasteiger partial charge in [-0.3, -0.25) is 5.43 Å². The zero-order valence-corrected chi connectivity index (χ0v) is 5.89. The lowest BCUT2D eigenvalue weighted by Gasteiger charge is -2.23. The molecule has 1 atom stereocenters. The Morgan fingerprint density at radius 1 is 1.64 bits per heavy atom. The summed E-state index contributed by atoms with van der Waals surface area (Å²) in [5, 5.41) is 3.31. The molecule has 0 aromatic heterocycles. The molecule has 1 aliphatic rings. The molecule has 0 spiro atoms. The second-order valence-electron chi connectivity index (χ2n) is 2.15. The first-order chi connectivity index (χ1) is 5.05. The molecular weight excluding hydrogens is 159 g/mol. The van der Waals surface area contributed by atoms with Crippen molar-refractivity contribution in [2.45, 2.75) is 19.3 Å². The monoisotopic (exact) mass is 167 g/mol. The van der Waals surface area contributed by atoms with Gasteiger partial charge in [-0.05, 0) is 6.92 Å². The summed E-state index contributed by atoms with van der Waals surface area (Å²) in [6.07, 6.45) is -4.75. The number of nitrogens with one attached hydrogen (secondary N) is 1. The fourth-order valence-corrected chi connectivity index (χ4v) is 0.844. The lowest BCUT2D eigenvalue weighted by molar-refractivity contribution is -0.177. The predicted octanol–water partition coefficient (Wildman–Crippen LogP) is 0.743. The van der Waals surface area contributed by atoms with E-state index in [0.29, 0.717) is 6.54 Å². The van der Waals surface area contributed by atoms with Crippen molar-refractivity contribution in [3.05, 3.63) is 0 Å². The van der Waals surface area contributed by atoms with Crippen LogP contribution in [-0.2, 0) is 0 Å². The van der Waals surface area contributed by atoms with Crippen LogP contribution in [0.5, 0.6) is 0 Å². The summed E-state index contributed by atoms with van der Waals surface area (Å²) >= 11 is 0. The van der Waals surface area contributed by atoms with Crippen LogP contribution in [0.15, 0.2) is 5.10 Å². The van der Waals surface area contributed by atoms with Crippen molar-refractivity contribution < 1.29 is 13.2 Å². The minimum Gasteiger partial charge on any atom is -0.332 e. The molecule has 1 unspecified atom stereocenters. The van der Waals surface area contributed by atoms with Crippen LogP contribution in [0.3, 0.4) is 0 Å². The zero-order valence-electron chi connectivity index (χ0n) is 5.89. The average Bonchev–Trinajstić information content (AvgIpc) is 2.31. The van der Waals surface area contributed by atoms with E-state index in [-0.39, 0.29) is 0 Å². The number of alkyl halides is 3. The highest BCUT2D eigenvalue weighted by Gasteiger charge is 2.44. The number of hydrogen-bond donors (Lipinski definition) is 1. The Bertz CT molecular complexity index is 165. The van der Waals surface area contributed by atoms with Crippen molar-refractivity contribution in [2.24, 2.45) is 5.10 Å². The Kier molecular flexibility index (Phi) is 1.92. The fraction of sp³-hybridized carbons (Fsp3) is 0.800. The van der Waals surface area contributed by atoms with E-state index in [2.05, 4.69) is 5.10 Å². The third-order valence-corrected chi connectivity index (χ3v) is 1.41. The van der Waals surface area contributed by atoms with Crippen LogP contribution in [0, 0.1) is 0 Å². The molecule has 0 amide bonds. The highest BCUT2D eigenvalue weighted by atomic mass is 19.4. The lowest BCUT2D eigenvalue weighted by atomic mass is 10.4. The molecule has 0 bridgehead atoms. The normalized spacial score (nSPS) is 24.0. The summed E-state index contributed by atoms with van der Waals surface area (Å²) in [6, 6.07) is 0. The van der Waals surface area contributed by atoms with Crippen LogP contribution in [-0.4, -0.2) is 30.1 Å². The largest absolute Gasteiger partial charge is 0.428 e. The molecule has 1 heterocycles. The Balaban J connectivity index is 2.61. The van der Waals surface area contributed by atoms with Gasteiger partial charge in [-0.15, -0.1) is 0 Å². The zero-order chi connectivity index (χ0) is 8.48. The van der Waals surface area contributed by atoms with Crippen LogP contribution in [0.4, 0.5) is 13.2 Å². The quantitative estimate of drug-likeness (QED) is 0.623. The van der Waals surface area contributed by atoms with Crippen molar-refractivity contribution in [3.63, 3.8) is 0 Å². The third kappa shape index (κ3) is 1.55. The Morgan fingerprint density at radius 3 is 2.64 bits per heavy atom. The van der Waals surface area contributed by atoms with Crippen molar-refractivity contribution in [1.29, 1.82) is 0 Å². The number of nitrogens with zero attached hydrogens (tertiary/aromatic N) is 2. The Morgan fingerprint density at radius 2 is 2.27 bits per heavy atom. The second-order valence-corrected chi connectivity index (χ2v) is 2.15. The highest BCUT2D eigenvalue weighted by molar-refractivity contribution is 5.57. The molecule has 0 fully saturated rings. The molecule has 0 aliphatic carbocycles. The van der Waals surface area contributed by atoms with Gasteiger partial charge in [-0.2, -0.15) is 18.3 Å². The third-order valence-electron chi connectivity index (χ3n) is 1.41. The molecule has 1 aliphatic heterocycles. The minimum atomic E-state index is -4.26. The summed E-state index contributed by atoms with van der Waals surface area (Å²) in [4.78, 5) is 1.08. The molecule has 1 N–H and O–H groups in total. The summed E-state index contributed by atoms with van der Waals surface area (Å²) in [5.41, 5.74) is 1.97. The summed E-state index contributed by atoms with van der Waals surface area (Å²) in [5.74, 6) is 0. The Labute approximate surface area is 61.9 Å². The molecular formula is C5H8F3N3. The van der Waals surface area contributed by atoms with Gasteiger partial charge in [-0.25, -0.2) is 0 Å². The van der Waals surface area contributed by atoms with Crippen LogP contribution < -0.4 is 5.43 Å². The molecule has 3 nitrogen and oxygen atoms in total. The first kappa shape index (κ1) is 8.16. The van der Waals surface area contributed by atoms with Gasteiger partial charge in [0.25, 0.3) is 0 Å². The van der Waals surface area contributed by atoms with E-state index in [1.807, 2.05) is 5.43 Å². The van der Waals surface area contributed by atoms with Gasteiger partial charge < -0.3 is 4.90 Å². The topological polar surface area (TPSA) is 27.6 Å². The molecule has 0 saturated carbocycles. The van der Waals surface area contributed by atoms with E-state index in [9.17, 15) is 13.2 Å². The maximum atomic E-state index is 12.0. The van der Waals surface area contributed by atoms with Gasteiger partial charge in [0.05, 0.1) is 0 Å². The predicted molar refractivity (Wildman–Crippen MR) is 33.9 cm³/mol. The maximum Gasteiger partial charge on any atom is 0.428 e. The summed E-state index contributed by atoms with van der Waals surface area (Å²) in [7, 11) is 0. The van der Waals surface area contributed by atoms with E-state index >= 15 is 0 Å². The second kappa shape index (κ2) is 2.60. The molecule has 64 valence electrons. The van der Waals surface area contributed by atoms with Gasteiger partial charge >= 0.3 is 6.18 Å². The molecule has 6 heteroatoms. The van der Waals surface area contributed by atoms with E-state index in [4.69, 9.17) is 0 Å². The van der Waals surface area contributed by atoms with E-state index in [1.165, 1.54) is 0 Å². The molecule has 11 heavy (non-hydrogen) atoms. The standard InChI is InChI=1S/C5H8F3N3/c1-2-11-3-9-10-4(11)5(6,7)8/h3-4,10H,2H2,1H3. The maximum absolute atomic E-state index is 12.0. The first-order valence-corrected chi connectivity index (χ1v) is 3.17. The molecule has 0 saturated heterocycles. The van der Waals surface area contributed by atoms with Crippen molar-refractivity contribution in [1.82, 2.24) is 10.3 Å². The molecule has 1 rings (SSSR count). The van der Waals surface area contributed by atoms with E-state index in [1.54, 1.807) is 6.92 Å². The molecule has 0 aromatic rings. The van der Waals surface area contributed by atoms with Gasteiger partial charge in [0.1, 0.15) is 6.34 Å².